The first kappa shape index (κ1) is 18.6. The van der Waals surface area contributed by atoms with Gasteiger partial charge in [-0.2, -0.15) is 0 Å². The van der Waals surface area contributed by atoms with E-state index in [4.69, 9.17) is 0 Å². The summed E-state index contributed by atoms with van der Waals surface area (Å²) in [5.41, 5.74) is 1.22. The fourth-order valence-electron chi connectivity index (χ4n) is 3.24. The molecule has 1 fully saturated rings. The molecular formula is C19H31N3O2. The van der Waals surface area contributed by atoms with Gasteiger partial charge in [0.1, 0.15) is 0 Å². The third-order valence-corrected chi connectivity index (χ3v) is 5.34. The van der Waals surface area contributed by atoms with E-state index in [2.05, 4.69) is 36.3 Å². The smallest absolute Gasteiger partial charge is 0.317 e. The second-order valence-electron chi connectivity index (χ2n) is 6.84. The monoisotopic (exact) mass is 333 g/mol. The molecule has 1 saturated heterocycles. The van der Waals surface area contributed by atoms with Crippen molar-refractivity contribution >= 4 is 11.7 Å². The Labute approximate surface area is 145 Å². The molecule has 0 radical (unpaired) electrons. The maximum absolute atomic E-state index is 12.2. The molecule has 0 aromatic heterocycles. The van der Waals surface area contributed by atoms with E-state index >= 15 is 0 Å². The summed E-state index contributed by atoms with van der Waals surface area (Å²) < 4.78 is 0. The first-order valence-corrected chi connectivity index (χ1v) is 9.00. The maximum atomic E-state index is 12.2. The molecule has 1 heterocycles. The Bertz CT molecular complexity index is 493. The number of aliphatic hydroxyl groups excluding tert-OH is 1. The fraction of sp³-hybridized carbons (Fsp3) is 0.632. The minimum absolute atomic E-state index is 0.0230. The summed E-state index contributed by atoms with van der Waals surface area (Å²) in [6.45, 7) is 5.42. The number of aliphatic hydroxyl groups is 1. The number of amides is 2. The molecule has 1 aliphatic rings. The van der Waals surface area contributed by atoms with Gasteiger partial charge in [-0.05, 0) is 43.2 Å². The summed E-state index contributed by atoms with van der Waals surface area (Å²) >= 11 is 0. The first-order valence-electron chi connectivity index (χ1n) is 9.00. The number of nitrogens with zero attached hydrogens (tertiary/aromatic N) is 2. The van der Waals surface area contributed by atoms with Crippen molar-refractivity contribution in [3.8, 4) is 0 Å². The number of piperidine rings is 1. The standard InChI is InChI=1S/C19H31N3O2/c1-3-19(16-23)10-14-22(15-11-19)18(24)20-12-7-13-21(2)17-8-5-4-6-9-17/h4-6,8-9,23H,3,7,10-16H2,1-2H3,(H,20,24). The van der Waals surface area contributed by atoms with Crippen LogP contribution in [-0.4, -0.2) is 55.9 Å². The Morgan fingerprint density at radius 3 is 2.54 bits per heavy atom. The van der Waals surface area contributed by atoms with Crippen LogP contribution in [0.3, 0.4) is 0 Å². The van der Waals surface area contributed by atoms with Crippen LogP contribution in [0.25, 0.3) is 0 Å². The number of hydrogen-bond donors (Lipinski definition) is 2. The zero-order valence-corrected chi connectivity index (χ0v) is 15.0. The number of carbonyl (C=O) groups is 1. The van der Waals surface area contributed by atoms with E-state index in [9.17, 15) is 9.90 Å². The molecule has 0 atom stereocenters. The number of rotatable bonds is 7. The van der Waals surface area contributed by atoms with Crippen LogP contribution in [0, 0.1) is 5.41 Å². The van der Waals surface area contributed by atoms with Crippen LogP contribution >= 0.6 is 0 Å². The van der Waals surface area contributed by atoms with Gasteiger partial charge >= 0.3 is 6.03 Å². The molecule has 134 valence electrons. The van der Waals surface area contributed by atoms with Crippen molar-refractivity contribution in [1.82, 2.24) is 10.2 Å². The molecule has 24 heavy (non-hydrogen) atoms. The van der Waals surface area contributed by atoms with Crippen LogP contribution in [0.4, 0.5) is 10.5 Å². The maximum Gasteiger partial charge on any atom is 0.317 e. The van der Waals surface area contributed by atoms with Gasteiger partial charge in [0.15, 0.2) is 0 Å². The molecule has 2 rings (SSSR count). The third kappa shape index (κ3) is 4.87. The van der Waals surface area contributed by atoms with Crippen LogP contribution in [0.5, 0.6) is 0 Å². The van der Waals surface area contributed by atoms with Crippen LogP contribution in [0.15, 0.2) is 30.3 Å². The van der Waals surface area contributed by atoms with Gasteiger partial charge in [-0.15, -0.1) is 0 Å². The van der Waals surface area contributed by atoms with Crippen molar-refractivity contribution in [2.75, 3.05) is 44.7 Å². The summed E-state index contributed by atoms with van der Waals surface area (Å²) in [5, 5.41) is 12.6. The molecule has 0 saturated carbocycles. The van der Waals surface area contributed by atoms with Crippen LogP contribution in [0.2, 0.25) is 0 Å². The average molecular weight is 333 g/mol. The molecule has 0 aliphatic carbocycles. The molecular weight excluding hydrogens is 302 g/mol. The zero-order valence-electron chi connectivity index (χ0n) is 15.0. The number of para-hydroxylation sites is 1. The van der Waals surface area contributed by atoms with E-state index in [0.29, 0.717) is 6.54 Å². The van der Waals surface area contributed by atoms with Gasteiger partial charge in [-0.1, -0.05) is 25.1 Å². The summed E-state index contributed by atoms with van der Waals surface area (Å²) in [5.74, 6) is 0. The first-order chi connectivity index (χ1) is 11.6. The van der Waals surface area contributed by atoms with Crippen LogP contribution in [0.1, 0.15) is 32.6 Å². The summed E-state index contributed by atoms with van der Waals surface area (Å²) in [6, 6.07) is 10.3. The van der Waals surface area contributed by atoms with Gasteiger partial charge in [-0.25, -0.2) is 4.79 Å². The van der Waals surface area contributed by atoms with Crippen molar-refractivity contribution in [1.29, 1.82) is 0 Å². The molecule has 1 aliphatic heterocycles. The van der Waals surface area contributed by atoms with E-state index in [1.54, 1.807) is 0 Å². The van der Waals surface area contributed by atoms with Crippen molar-refractivity contribution in [3.63, 3.8) is 0 Å². The molecule has 0 spiro atoms. The molecule has 0 unspecified atom stereocenters. The van der Waals surface area contributed by atoms with Gasteiger partial charge in [0.25, 0.3) is 0 Å². The van der Waals surface area contributed by atoms with E-state index in [1.807, 2.05) is 23.1 Å². The molecule has 2 N–H and O–H groups in total. The van der Waals surface area contributed by atoms with E-state index in [-0.39, 0.29) is 18.1 Å². The highest BCUT2D eigenvalue weighted by atomic mass is 16.3. The number of nitrogens with one attached hydrogen (secondary N) is 1. The fourth-order valence-corrected chi connectivity index (χ4v) is 3.24. The lowest BCUT2D eigenvalue weighted by Gasteiger charge is -2.40. The molecule has 0 bridgehead atoms. The molecule has 5 nitrogen and oxygen atoms in total. The lowest BCUT2D eigenvalue weighted by molar-refractivity contribution is 0.0520. The van der Waals surface area contributed by atoms with Gasteiger partial charge in [0.05, 0.1) is 0 Å². The lowest BCUT2D eigenvalue weighted by atomic mass is 9.77. The topological polar surface area (TPSA) is 55.8 Å². The Balaban J connectivity index is 1.65. The number of urea groups is 1. The summed E-state index contributed by atoms with van der Waals surface area (Å²) in [6.07, 6.45) is 3.68. The largest absolute Gasteiger partial charge is 0.396 e. The van der Waals surface area contributed by atoms with E-state index < -0.39 is 0 Å². The van der Waals surface area contributed by atoms with E-state index in [0.717, 1.165) is 45.3 Å². The molecule has 1 aromatic rings. The molecule has 2 amide bonds. The lowest BCUT2D eigenvalue weighted by Crippen LogP contribution is -2.48. The number of hydrogen-bond acceptors (Lipinski definition) is 3. The predicted octanol–water partition coefficient (Wildman–Crippen LogP) is 2.71. The Kier molecular flexibility index (Phi) is 6.91. The third-order valence-electron chi connectivity index (χ3n) is 5.34. The van der Waals surface area contributed by atoms with Crippen molar-refractivity contribution in [3.05, 3.63) is 30.3 Å². The van der Waals surface area contributed by atoms with Gasteiger partial charge in [-0.3, -0.25) is 0 Å². The molecule has 1 aromatic carbocycles. The van der Waals surface area contributed by atoms with Crippen molar-refractivity contribution in [2.24, 2.45) is 5.41 Å². The Hall–Kier alpha value is -1.75. The SMILES string of the molecule is CCC1(CO)CCN(C(=O)NCCCN(C)c2ccccc2)CC1. The zero-order chi connectivity index (χ0) is 17.4. The predicted molar refractivity (Wildman–Crippen MR) is 98.3 cm³/mol. The number of carbonyl (C=O) groups excluding carboxylic acids is 1. The highest BCUT2D eigenvalue weighted by Crippen LogP contribution is 2.34. The van der Waals surface area contributed by atoms with Crippen LogP contribution < -0.4 is 10.2 Å². The number of likely N-dealkylation sites (tertiary alicyclic amines) is 1. The minimum Gasteiger partial charge on any atom is -0.396 e. The Morgan fingerprint density at radius 1 is 1.29 bits per heavy atom. The number of anilines is 1. The quantitative estimate of drug-likeness (QED) is 0.754. The Morgan fingerprint density at radius 2 is 1.96 bits per heavy atom. The van der Waals surface area contributed by atoms with Gasteiger partial charge < -0.3 is 20.2 Å². The van der Waals surface area contributed by atoms with Crippen molar-refractivity contribution < 1.29 is 9.90 Å². The van der Waals surface area contributed by atoms with Gasteiger partial charge in [0, 0.05) is 45.5 Å². The summed E-state index contributed by atoms with van der Waals surface area (Å²) in [7, 11) is 2.07. The van der Waals surface area contributed by atoms with Crippen molar-refractivity contribution in [2.45, 2.75) is 32.6 Å². The van der Waals surface area contributed by atoms with Gasteiger partial charge in [0.2, 0.25) is 0 Å². The number of benzene rings is 1. The second kappa shape index (κ2) is 8.92. The highest BCUT2D eigenvalue weighted by Gasteiger charge is 2.33. The highest BCUT2D eigenvalue weighted by molar-refractivity contribution is 5.74. The van der Waals surface area contributed by atoms with E-state index in [1.165, 1.54) is 5.69 Å². The molecule has 5 heteroatoms. The average Bonchev–Trinajstić information content (AvgIpc) is 2.65. The van der Waals surface area contributed by atoms with Crippen LogP contribution in [-0.2, 0) is 0 Å². The minimum atomic E-state index is 0.0230. The summed E-state index contributed by atoms with van der Waals surface area (Å²) in [4.78, 5) is 16.3. The normalized spacial score (nSPS) is 16.7. The second-order valence-corrected chi connectivity index (χ2v) is 6.84.